The van der Waals surface area contributed by atoms with Gasteiger partial charge in [-0.2, -0.15) is 0 Å². The Labute approximate surface area is 189 Å². The van der Waals surface area contributed by atoms with Gasteiger partial charge in [0.15, 0.2) is 0 Å². The molecular formula is C22H21F3N4O3S. The van der Waals surface area contributed by atoms with Gasteiger partial charge >= 0.3 is 6.36 Å². The van der Waals surface area contributed by atoms with Crippen molar-refractivity contribution in [1.29, 1.82) is 0 Å². The molecule has 174 valence electrons. The van der Waals surface area contributed by atoms with Crippen molar-refractivity contribution in [2.45, 2.75) is 30.3 Å². The monoisotopic (exact) mass is 478 g/mol. The van der Waals surface area contributed by atoms with E-state index in [9.17, 15) is 21.6 Å². The van der Waals surface area contributed by atoms with E-state index in [0.29, 0.717) is 26.1 Å². The standard InChI is InChI=1S/C22H21F3N4O3S/c23-22(24,25)32-20-2-1-3-21(10-20)33(30,31)28-19-8-9-29(14-19)13-16-4-6-17(7-5-16)18-11-26-15-27-12-18/h1-7,10-12,15,19,28H,8-9,13-14H2/t19-/m1/s1. The minimum atomic E-state index is -4.89. The molecule has 1 fully saturated rings. The molecule has 1 atom stereocenters. The molecule has 0 bridgehead atoms. The molecule has 0 saturated carbocycles. The van der Waals surface area contributed by atoms with Gasteiger partial charge < -0.3 is 4.74 Å². The molecule has 1 aliphatic heterocycles. The predicted molar refractivity (Wildman–Crippen MR) is 115 cm³/mol. The molecule has 1 saturated heterocycles. The Hall–Kier alpha value is -3.02. The number of hydrogen-bond donors (Lipinski definition) is 1. The summed E-state index contributed by atoms with van der Waals surface area (Å²) >= 11 is 0. The van der Waals surface area contributed by atoms with Crippen molar-refractivity contribution in [2.75, 3.05) is 13.1 Å². The Kier molecular flexibility index (Phi) is 6.63. The van der Waals surface area contributed by atoms with E-state index >= 15 is 0 Å². The third-order valence-electron chi connectivity index (χ3n) is 5.20. The maximum atomic E-state index is 12.7. The fourth-order valence-electron chi connectivity index (χ4n) is 3.71. The van der Waals surface area contributed by atoms with E-state index in [1.807, 2.05) is 24.3 Å². The van der Waals surface area contributed by atoms with Crippen LogP contribution in [0.4, 0.5) is 13.2 Å². The highest BCUT2D eigenvalue weighted by atomic mass is 32.2. The fourth-order valence-corrected chi connectivity index (χ4v) is 5.00. The molecule has 2 heterocycles. The van der Waals surface area contributed by atoms with Gasteiger partial charge in [-0.05, 0) is 29.7 Å². The molecule has 0 unspecified atom stereocenters. The molecule has 1 aliphatic rings. The van der Waals surface area contributed by atoms with Crippen molar-refractivity contribution in [3.05, 3.63) is 72.8 Å². The minimum Gasteiger partial charge on any atom is -0.406 e. The number of rotatable bonds is 7. The molecule has 1 N–H and O–H groups in total. The molecular weight excluding hydrogens is 457 g/mol. The second-order valence-corrected chi connectivity index (χ2v) is 9.40. The summed E-state index contributed by atoms with van der Waals surface area (Å²) in [5.74, 6) is -0.580. The number of sulfonamides is 1. The first-order valence-electron chi connectivity index (χ1n) is 10.1. The number of benzene rings is 2. The first kappa shape index (κ1) is 23.1. The third kappa shape index (κ3) is 6.28. The summed E-state index contributed by atoms with van der Waals surface area (Å²) in [7, 11) is -3.99. The van der Waals surface area contributed by atoms with Crippen LogP contribution in [0.1, 0.15) is 12.0 Å². The Bertz CT molecular complexity index is 1190. The Morgan fingerprint density at radius 1 is 1.06 bits per heavy atom. The van der Waals surface area contributed by atoms with Crippen LogP contribution in [0.2, 0.25) is 0 Å². The molecule has 0 radical (unpaired) electrons. The van der Waals surface area contributed by atoms with Gasteiger partial charge in [-0.15, -0.1) is 13.2 Å². The molecule has 1 aromatic heterocycles. The van der Waals surface area contributed by atoms with Crippen molar-refractivity contribution in [2.24, 2.45) is 0 Å². The van der Waals surface area contributed by atoms with E-state index in [1.54, 1.807) is 12.4 Å². The van der Waals surface area contributed by atoms with E-state index < -0.39 is 22.1 Å². The van der Waals surface area contributed by atoms with Gasteiger partial charge in [0.25, 0.3) is 0 Å². The molecule has 7 nitrogen and oxygen atoms in total. The zero-order valence-electron chi connectivity index (χ0n) is 17.4. The summed E-state index contributed by atoms with van der Waals surface area (Å²) < 4.78 is 69.0. The maximum absolute atomic E-state index is 12.7. The quantitative estimate of drug-likeness (QED) is 0.559. The van der Waals surface area contributed by atoms with Crippen molar-refractivity contribution in [3.63, 3.8) is 0 Å². The summed E-state index contributed by atoms with van der Waals surface area (Å²) in [5.41, 5.74) is 3.00. The summed E-state index contributed by atoms with van der Waals surface area (Å²) in [4.78, 5) is 9.88. The highest BCUT2D eigenvalue weighted by Crippen LogP contribution is 2.26. The van der Waals surface area contributed by atoms with E-state index in [-0.39, 0.29) is 10.9 Å². The number of ether oxygens (including phenoxy) is 1. The van der Waals surface area contributed by atoms with E-state index in [2.05, 4.69) is 24.3 Å². The van der Waals surface area contributed by atoms with E-state index in [4.69, 9.17) is 0 Å². The topological polar surface area (TPSA) is 84.4 Å². The van der Waals surface area contributed by atoms with Crippen molar-refractivity contribution in [3.8, 4) is 16.9 Å². The lowest BCUT2D eigenvalue weighted by Gasteiger charge is -2.17. The number of halogens is 3. The summed E-state index contributed by atoms with van der Waals surface area (Å²) in [6.45, 7) is 1.84. The van der Waals surface area contributed by atoms with Crippen LogP contribution in [-0.4, -0.2) is 48.8 Å². The number of hydrogen-bond acceptors (Lipinski definition) is 6. The largest absolute Gasteiger partial charge is 0.573 e. The van der Waals surface area contributed by atoms with Crippen LogP contribution in [0.25, 0.3) is 11.1 Å². The van der Waals surface area contributed by atoms with Crippen LogP contribution in [0, 0.1) is 0 Å². The molecule has 0 spiro atoms. The molecule has 4 rings (SSSR count). The zero-order chi connectivity index (χ0) is 23.5. The Morgan fingerprint density at radius 2 is 1.79 bits per heavy atom. The highest BCUT2D eigenvalue weighted by Gasteiger charge is 2.32. The molecule has 11 heteroatoms. The van der Waals surface area contributed by atoms with Gasteiger partial charge in [-0.25, -0.2) is 23.1 Å². The zero-order valence-corrected chi connectivity index (χ0v) is 18.2. The van der Waals surface area contributed by atoms with Crippen LogP contribution in [-0.2, 0) is 16.6 Å². The normalized spacial score (nSPS) is 17.2. The second kappa shape index (κ2) is 9.46. The maximum Gasteiger partial charge on any atom is 0.573 e. The number of nitrogens with one attached hydrogen (secondary N) is 1. The first-order valence-corrected chi connectivity index (χ1v) is 11.6. The van der Waals surface area contributed by atoms with Gasteiger partial charge in [0.1, 0.15) is 12.1 Å². The van der Waals surface area contributed by atoms with E-state index in [0.717, 1.165) is 28.8 Å². The molecule has 0 amide bonds. The minimum absolute atomic E-state index is 0.275. The predicted octanol–water partition coefficient (Wildman–Crippen LogP) is 3.60. The number of alkyl halides is 3. The molecule has 2 aromatic carbocycles. The average Bonchev–Trinajstić information content (AvgIpc) is 3.20. The van der Waals surface area contributed by atoms with Gasteiger partial charge in [-0.1, -0.05) is 30.3 Å². The molecule has 3 aromatic rings. The van der Waals surface area contributed by atoms with Gasteiger partial charge in [0.2, 0.25) is 10.0 Å². The van der Waals surface area contributed by atoms with Crippen LogP contribution in [0.15, 0.2) is 72.1 Å². The lowest BCUT2D eigenvalue weighted by Crippen LogP contribution is -2.37. The SMILES string of the molecule is O=S(=O)(N[C@@H]1CCN(Cc2ccc(-c3cncnc3)cc2)C1)c1cccc(OC(F)(F)F)c1. The number of likely N-dealkylation sites (tertiary alicyclic amines) is 1. The van der Waals surface area contributed by atoms with Gasteiger partial charge in [0.05, 0.1) is 4.90 Å². The summed E-state index contributed by atoms with van der Waals surface area (Å²) in [5, 5.41) is 0. The second-order valence-electron chi connectivity index (χ2n) is 7.69. The van der Waals surface area contributed by atoms with Gasteiger partial charge in [0, 0.05) is 49.7 Å². The fraction of sp³-hybridized carbons (Fsp3) is 0.273. The molecule has 0 aliphatic carbocycles. The lowest BCUT2D eigenvalue weighted by atomic mass is 10.1. The first-order chi connectivity index (χ1) is 15.7. The van der Waals surface area contributed by atoms with Crippen LogP contribution >= 0.6 is 0 Å². The average molecular weight is 478 g/mol. The van der Waals surface area contributed by atoms with Crippen molar-refractivity contribution >= 4 is 10.0 Å². The summed E-state index contributed by atoms with van der Waals surface area (Å²) in [6, 6.07) is 12.0. The highest BCUT2D eigenvalue weighted by molar-refractivity contribution is 7.89. The van der Waals surface area contributed by atoms with Gasteiger partial charge in [-0.3, -0.25) is 4.90 Å². The van der Waals surface area contributed by atoms with Crippen molar-refractivity contribution in [1.82, 2.24) is 19.6 Å². The van der Waals surface area contributed by atoms with Crippen LogP contribution in [0.5, 0.6) is 5.75 Å². The van der Waals surface area contributed by atoms with E-state index in [1.165, 1.54) is 18.5 Å². The Balaban J connectivity index is 1.35. The lowest BCUT2D eigenvalue weighted by molar-refractivity contribution is -0.274. The smallest absolute Gasteiger partial charge is 0.406 e. The third-order valence-corrected chi connectivity index (χ3v) is 6.72. The van der Waals surface area contributed by atoms with Crippen molar-refractivity contribution < 1.29 is 26.3 Å². The number of nitrogens with zero attached hydrogens (tertiary/aromatic N) is 3. The Morgan fingerprint density at radius 3 is 2.48 bits per heavy atom. The molecule has 33 heavy (non-hydrogen) atoms. The summed E-state index contributed by atoms with van der Waals surface area (Å²) in [6.07, 6.45) is 0.656. The van der Waals surface area contributed by atoms with Crippen LogP contribution < -0.4 is 9.46 Å². The number of aromatic nitrogens is 2. The van der Waals surface area contributed by atoms with Crippen LogP contribution in [0.3, 0.4) is 0 Å².